The van der Waals surface area contributed by atoms with E-state index in [1.54, 1.807) is 38.2 Å². The SMILES string of the molecule is CN=C(NCCN1C(=O)C2C3C=CC(C3)C2C1=O)NCc1ccc(C(=O)N(C)C)cc1. The molecule has 2 aliphatic carbocycles. The summed E-state index contributed by atoms with van der Waals surface area (Å²) in [5.41, 5.74) is 1.66. The lowest BCUT2D eigenvalue weighted by Crippen LogP contribution is -2.43. The second-order valence-corrected chi connectivity index (χ2v) is 8.58. The number of fused-ring (bicyclic) bond motifs is 5. The Morgan fingerprint density at radius 2 is 1.68 bits per heavy atom. The molecule has 1 saturated heterocycles. The molecule has 1 aromatic carbocycles. The topological polar surface area (TPSA) is 94.1 Å². The number of nitrogens with zero attached hydrogens (tertiary/aromatic N) is 3. The number of hydrogen-bond donors (Lipinski definition) is 2. The molecule has 0 aromatic heterocycles. The van der Waals surface area contributed by atoms with Crippen molar-refractivity contribution in [3.8, 4) is 0 Å². The number of imide groups is 1. The van der Waals surface area contributed by atoms with Crippen molar-refractivity contribution in [2.75, 3.05) is 34.2 Å². The van der Waals surface area contributed by atoms with Gasteiger partial charge in [-0.3, -0.25) is 24.3 Å². The largest absolute Gasteiger partial charge is 0.355 e. The molecular formula is C23H29N5O3. The highest BCUT2D eigenvalue weighted by molar-refractivity contribution is 6.06. The van der Waals surface area contributed by atoms with Crippen LogP contribution in [0.5, 0.6) is 0 Å². The Kier molecular flexibility index (Phi) is 5.80. The standard InChI is InChI=1S/C23H29N5O3/c1-24-23(26-13-14-4-6-15(7-5-14)20(29)27(2)3)25-10-11-28-21(30)18-16-8-9-17(12-16)19(18)22(28)31/h4-9,16-19H,10-13H2,1-3H3,(H2,24,25,26). The fourth-order valence-corrected chi connectivity index (χ4v) is 4.90. The van der Waals surface area contributed by atoms with Crippen LogP contribution < -0.4 is 10.6 Å². The van der Waals surface area contributed by atoms with Gasteiger partial charge in [-0.25, -0.2) is 0 Å². The van der Waals surface area contributed by atoms with E-state index in [2.05, 4.69) is 27.8 Å². The molecule has 1 saturated carbocycles. The first-order valence-corrected chi connectivity index (χ1v) is 10.7. The van der Waals surface area contributed by atoms with E-state index in [1.807, 2.05) is 12.1 Å². The summed E-state index contributed by atoms with van der Waals surface area (Å²) in [4.78, 5) is 44.6. The first kappa shape index (κ1) is 21.1. The molecule has 1 aliphatic heterocycles. The predicted molar refractivity (Wildman–Crippen MR) is 117 cm³/mol. The molecule has 0 spiro atoms. The van der Waals surface area contributed by atoms with Crippen molar-refractivity contribution in [3.63, 3.8) is 0 Å². The minimum atomic E-state index is -0.151. The van der Waals surface area contributed by atoms with Crippen molar-refractivity contribution >= 4 is 23.7 Å². The summed E-state index contributed by atoms with van der Waals surface area (Å²) in [7, 11) is 5.13. The van der Waals surface area contributed by atoms with Crippen LogP contribution in [0.15, 0.2) is 41.4 Å². The van der Waals surface area contributed by atoms with Crippen LogP contribution in [0.25, 0.3) is 0 Å². The van der Waals surface area contributed by atoms with Crippen molar-refractivity contribution in [1.29, 1.82) is 0 Å². The molecule has 4 unspecified atom stereocenters. The highest BCUT2D eigenvalue weighted by Gasteiger charge is 2.58. The Morgan fingerprint density at radius 3 is 2.23 bits per heavy atom. The van der Waals surface area contributed by atoms with Gasteiger partial charge in [0.1, 0.15) is 0 Å². The molecule has 8 heteroatoms. The zero-order valence-electron chi connectivity index (χ0n) is 18.2. The lowest BCUT2D eigenvalue weighted by atomic mass is 9.85. The van der Waals surface area contributed by atoms with Crippen LogP contribution in [0.4, 0.5) is 0 Å². The van der Waals surface area contributed by atoms with Crippen molar-refractivity contribution in [2.24, 2.45) is 28.7 Å². The van der Waals surface area contributed by atoms with E-state index in [4.69, 9.17) is 0 Å². The van der Waals surface area contributed by atoms with Crippen LogP contribution in [0.1, 0.15) is 22.3 Å². The quantitative estimate of drug-likeness (QED) is 0.306. The third-order valence-electron chi connectivity index (χ3n) is 6.48. The maximum atomic E-state index is 12.7. The molecule has 0 radical (unpaired) electrons. The maximum Gasteiger partial charge on any atom is 0.253 e. The van der Waals surface area contributed by atoms with Gasteiger partial charge in [0.15, 0.2) is 5.96 Å². The van der Waals surface area contributed by atoms with E-state index < -0.39 is 0 Å². The summed E-state index contributed by atoms with van der Waals surface area (Å²) >= 11 is 0. The minimum Gasteiger partial charge on any atom is -0.355 e. The summed E-state index contributed by atoms with van der Waals surface area (Å²) in [6.07, 6.45) is 5.15. The summed E-state index contributed by atoms with van der Waals surface area (Å²) in [6.45, 7) is 1.32. The number of amides is 3. The Hall–Kier alpha value is -3.16. The molecule has 2 N–H and O–H groups in total. The van der Waals surface area contributed by atoms with Gasteiger partial charge in [0.25, 0.3) is 5.91 Å². The van der Waals surface area contributed by atoms with Crippen LogP contribution in [0.2, 0.25) is 0 Å². The molecule has 1 heterocycles. The van der Waals surface area contributed by atoms with Gasteiger partial charge in [0.2, 0.25) is 11.8 Å². The van der Waals surface area contributed by atoms with Crippen LogP contribution >= 0.6 is 0 Å². The van der Waals surface area contributed by atoms with Gasteiger partial charge in [-0.05, 0) is 36.0 Å². The fraction of sp³-hybridized carbons (Fsp3) is 0.478. The molecule has 2 bridgehead atoms. The predicted octanol–water partition coefficient (Wildman–Crippen LogP) is 0.861. The molecule has 3 aliphatic rings. The van der Waals surface area contributed by atoms with Crippen LogP contribution in [-0.4, -0.2) is 67.7 Å². The third-order valence-corrected chi connectivity index (χ3v) is 6.48. The number of nitrogens with one attached hydrogen (secondary N) is 2. The van der Waals surface area contributed by atoms with E-state index in [9.17, 15) is 14.4 Å². The number of rotatable bonds is 6. The number of benzene rings is 1. The van der Waals surface area contributed by atoms with Gasteiger partial charge in [0.05, 0.1) is 11.8 Å². The molecule has 4 atom stereocenters. The highest BCUT2D eigenvalue weighted by Crippen LogP contribution is 2.52. The van der Waals surface area contributed by atoms with E-state index in [0.29, 0.717) is 31.2 Å². The zero-order valence-corrected chi connectivity index (χ0v) is 18.2. The van der Waals surface area contributed by atoms with Crippen molar-refractivity contribution < 1.29 is 14.4 Å². The third kappa shape index (κ3) is 3.94. The Morgan fingerprint density at radius 1 is 1.06 bits per heavy atom. The van der Waals surface area contributed by atoms with E-state index >= 15 is 0 Å². The van der Waals surface area contributed by atoms with Gasteiger partial charge < -0.3 is 15.5 Å². The molecule has 1 aromatic rings. The average Bonchev–Trinajstić information content (AvgIpc) is 3.45. The lowest BCUT2D eigenvalue weighted by molar-refractivity contribution is -0.140. The van der Waals surface area contributed by atoms with E-state index in [1.165, 1.54) is 4.90 Å². The zero-order chi connectivity index (χ0) is 22.1. The molecule has 2 fully saturated rings. The van der Waals surface area contributed by atoms with Crippen LogP contribution in [-0.2, 0) is 16.1 Å². The molecule has 3 amide bonds. The molecule has 4 rings (SSSR count). The van der Waals surface area contributed by atoms with Crippen molar-refractivity contribution in [2.45, 2.75) is 13.0 Å². The number of guanidine groups is 1. The summed E-state index contributed by atoms with van der Waals surface area (Å²) < 4.78 is 0. The van der Waals surface area contributed by atoms with Crippen molar-refractivity contribution in [1.82, 2.24) is 20.4 Å². The normalized spacial score (nSPS) is 26.4. The van der Waals surface area contributed by atoms with E-state index in [-0.39, 0.29) is 41.4 Å². The monoisotopic (exact) mass is 423 g/mol. The molecular weight excluding hydrogens is 394 g/mol. The number of carbonyl (C=O) groups is 3. The van der Waals surface area contributed by atoms with Crippen LogP contribution in [0.3, 0.4) is 0 Å². The highest BCUT2D eigenvalue weighted by atomic mass is 16.2. The van der Waals surface area contributed by atoms with Crippen LogP contribution in [0, 0.1) is 23.7 Å². The number of aliphatic imine (C=N–C) groups is 1. The first-order chi connectivity index (χ1) is 14.9. The second-order valence-electron chi connectivity index (χ2n) is 8.58. The number of carbonyl (C=O) groups excluding carboxylic acids is 3. The van der Waals surface area contributed by atoms with Gasteiger partial charge in [-0.2, -0.15) is 0 Å². The van der Waals surface area contributed by atoms with Gasteiger partial charge >= 0.3 is 0 Å². The first-order valence-electron chi connectivity index (χ1n) is 10.7. The average molecular weight is 424 g/mol. The van der Waals surface area contributed by atoms with Crippen molar-refractivity contribution in [3.05, 3.63) is 47.5 Å². The lowest BCUT2D eigenvalue weighted by Gasteiger charge is -2.18. The van der Waals surface area contributed by atoms with Gasteiger partial charge in [-0.15, -0.1) is 0 Å². The number of hydrogen-bond acceptors (Lipinski definition) is 4. The smallest absolute Gasteiger partial charge is 0.253 e. The summed E-state index contributed by atoms with van der Waals surface area (Å²) in [6, 6.07) is 7.41. The molecule has 164 valence electrons. The van der Waals surface area contributed by atoms with Gasteiger partial charge in [-0.1, -0.05) is 24.3 Å². The summed E-state index contributed by atoms with van der Waals surface area (Å²) in [5, 5.41) is 6.39. The maximum absolute atomic E-state index is 12.7. The number of likely N-dealkylation sites (tertiary alicyclic amines) is 1. The number of allylic oxidation sites excluding steroid dienone is 2. The summed E-state index contributed by atoms with van der Waals surface area (Å²) in [5.74, 6) is 0.680. The molecule has 8 nitrogen and oxygen atoms in total. The minimum absolute atomic E-state index is 0.0241. The molecule has 31 heavy (non-hydrogen) atoms. The van der Waals surface area contributed by atoms with E-state index in [0.717, 1.165) is 12.0 Å². The Balaban J connectivity index is 1.25. The fourth-order valence-electron chi connectivity index (χ4n) is 4.90. The Bertz CT molecular complexity index is 907. The Labute approximate surface area is 182 Å². The second kappa shape index (κ2) is 8.53. The van der Waals surface area contributed by atoms with Gasteiger partial charge in [0, 0.05) is 46.3 Å².